The fourth-order valence-electron chi connectivity index (χ4n) is 1.55. The summed E-state index contributed by atoms with van der Waals surface area (Å²) in [6, 6.07) is 10.4. The number of anilines is 1. The predicted octanol–water partition coefficient (Wildman–Crippen LogP) is 2.10. The number of carbonyl (C=O) groups excluding carboxylic acids is 2. The van der Waals surface area contributed by atoms with Crippen molar-refractivity contribution in [2.45, 2.75) is 0 Å². The van der Waals surface area contributed by atoms with Gasteiger partial charge in [0.05, 0.1) is 11.4 Å². The van der Waals surface area contributed by atoms with Gasteiger partial charge in [-0.3, -0.25) is 9.59 Å². The number of hydrogen-bond acceptors (Lipinski definition) is 3. The third-order valence-corrected chi connectivity index (χ3v) is 3.34. The van der Waals surface area contributed by atoms with E-state index in [1.165, 1.54) is 11.3 Å². The summed E-state index contributed by atoms with van der Waals surface area (Å²) in [6.45, 7) is -0.0863. The summed E-state index contributed by atoms with van der Waals surface area (Å²) in [6.07, 6.45) is 5.28. The van der Waals surface area contributed by atoms with Crippen LogP contribution in [0.1, 0.15) is 15.2 Å². The van der Waals surface area contributed by atoms with Crippen molar-refractivity contribution in [2.24, 2.45) is 0 Å². The molecule has 1 aromatic carbocycles. The SMILES string of the molecule is C#Cc1cccc(NC(=O)CNC(=O)c2cccs2)c1. The van der Waals surface area contributed by atoms with Crippen LogP contribution < -0.4 is 10.6 Å². The van der Waals surface area contributed by atoms with Gasteiger partial charge in [-0.1, -0.05) is 18.1 Å². The zero-order valence-corrected chi connectivity index (χ0v) is 11.4. The Morgan fingerprint density at radius 2 is 2.10 bits per heavy atom. The van der Waals surface area contributed by atoms with E-state index < -0.39 is 0 Å². The van der Waals surface area contributed by atoms with Gasteiger partial charge in [0.25, 0.3) is 5.91 Å². The number of hydrogen-bond donors (Lipinski definition) is 2. The first-order valence-corrected chi connectivity index (χ1v) is 6.75. The third kappa shape index (κ3) is 3.70. The molecule has 1 aromatic heterocycles. The lowest BCUT2D eigenvalue weighted by molar-refractivity contribution is -0.115. The minimum absolute atomic E-state index is 0.0863. The fraction of sp³-hybridized carbons (Fsp3) is 0.0667. The van der Waals surface area contributed by atoms with E-state index in [0.717, 1.165) is 0 Å². The summed E-state index contributed by atoms with van der Waals surface area (Å²) >= 11 is 1.33. The van der Waals surface area contributed by atoms with Crippen molar-refractivity contribution in [2.75, 3.05) is 11.9 Å². The van der Waals surface area contributed by atoms with E-state index in [-0.39, 0.29) is 18.4 Å². The molecule has 20 heavy (non-hydrogen) atoms. The number of nitrogens with one attached hydrogen (secondary N) is 2. The maximum absolute atomic E-state index is 11.7. The second kappa shape index (κ2) is 6.55. The lowest BCUT2D eigenvalue weighted by atomic mass is 10.2. The smallest absolute Gasteiger partial charge is 0.261 e. The standard InChI is InChI=1S/C15H12N2O2S/c1-2-11-5-3-6-12(9-11)17-14(18)10-16-15(19)13-7-4-8-20-13/h1,3-9H,10H2,(H,16,19)(H,17,18). The Balaban J connectivity index is 1.86. The molecule has 0 aliphatic heterocycles. The van der Waals surface area contributed by atoms with E-state index in [1.54, 1.807) is 41.8 Å². The van der Waals surface area contributed by atoms with Crippen molar-refractivity contribution in [1.82, 2.24) is 5.32 Å². The molecule has 0 radical (unpaired) electrons. The molecule has 2 N–H and O–H groups in total. The fourth-order valence-corrected chi connectivity index (χ4v) is 2.19. The Morgan fingerprint density at radius 1 is 1.25 bits per heavy atom. The minimum Gasteiger partial charge on any atom is -0.342 e. The third-order valence-electron chi connectivity index (χ3n) is 2.47. The Kier molecular flexibility index (Phi) is 4.53. The highest BCUT2D eigenvalue weighted by atomic mass is 32.1. The number of amides is 2. The van der Waals surface area contributed by atoms with Crippen LogP contribution in [0, 0.1) is 12.3 Å². The molecule has 0 aliphatic carbocycles. The molecule has 100 valence electrons. The van der Waals surface area contributed by atoms with E-state index >= 15 is 0 Å². The summed E-state index contributed by atoms with van der Waals surface area (Å²) in [5.74, 6) is 1.93. The van der Waals surface area contributed by atoms with Gasteiger partial charge in [-0.25, -0.2) is 0 Å². The molecule has 2 aromatic rings. The van der Waals surface area contributed by atoms with Crippen molar-refractivity contribution >= 4 is 28.8 Å². The highest BCUT2D eigenvalue weighted by Gasteiger charge is 2.08. The normalized spacial score (nSPS) is 9.55. The van der Waals surface area contributed by atoms with Crippen LogP contribution in [0.25, 0.3) is 0 Å². The van der Waals surface area contributed by atoms with Crippen molar-refractivity contribution in [3.63, 3.8) is 0 Å². The van der Waals surface area contributed by atoms with Crippen LogP contribution in [-0.4, -0.2) is 18.4 Å². The number of benzene rings is 1. The van der Waals surface area contributed by atoms with E-state index in [1.807, 2.05) is 0 Å². The van der Waals surface area contributed by atoms with Gasteiger partial charge in [0.15, 0.2) is 0 Å². The molecule has 2 amide bonds. The van der Waals surface area contributed by atoms with Crippen LogP contribution in [0.15, 0.2) is 41.8 Å². The zero-order valence-electron chi connectivity index (χ0n) is 10.6. The van der Waals surface area contributed by atoms with Crippen LogP contribution in [-0.2, 0) is 4.79 Å². The molecule has 0 aliphatic rings. The summed E-state index contributed by atoms with van der Waals surface area (Å²) in [5, 5.41) is 7.03. The molecule has 0 saturated carbocycles. The molecule has 5 heteroatoms. The first kappa shape index (κ1) is 13.8. The first-order valence-electron chi connectivity index (χ1n) is 5.87. The second-order valence-corrected chi connectivity index (χ2v) is 4.88. The van der Waals surface area contributed by atoms with E-state index in [2.05, 4.69) is 16.6 Å². The number of rotatable bonds is 4. The van der Waals surface area contributed by atoms with E-state index in [4.69, 9.17) is 6.42 Å². The number of carbonyl (C=O) groups is 2. The molecule has 0 spiro atoms. The molecule has 0 bridgehead atoms. The summed E-state index contributed by atoms with van der Waals surface area (Å²) in [5.41, 5.74) is 1.29. The maximum atomic E-state index is 11.7. The Hall–Kier alpha value is -2.58. The summed E-state index contributed by atoms with van der Waals surface area (Å²) in [4.78, 5) is 23.9. The van der Waals surface area contributed by atoms with Crippen molar-refractivity contribution in [3.8, 4) is 12.3 Å². The Labute approximate surface area is 120 Å². The van der Waals surface area contributed by atoms with Gasteiger partial charge in [0.2, 0.25) is 5.91 Å². The minimum atomic E-state index is -0.302. The Bertz CT molecular complexity index is 657. The molecular formula is C15H12N2O2S. The topological polar surface area (TPSA) is 58.2 Å². The predicted molar refractivity (Wildman–Crippen MR) is 79.7 cm³/mol. The summed E-state index contributed by atoms with van der Waals surface area (Å²) in [7, 11) is 0. The van der Waals surface area contributed by atoms with Crippen molar-refractivity contribution < 1.29 is 9.59 Å². The molecule has 0 atom stereocenters. The zero-order chi connectivity index (χ0) is 14.4. The van der Waals surface area contributed by atoms with Crippen molar-refractivity contribution in [1.29, 1.82) is 0 Å². The van der Waals surface area contributed by atoms with Crippen molar-refractivity contribution in [3.05, 3.63) is 52.2 Å². The lowest BCUT2D eigenvalue weighted by Crippen LogP contribution is -2.32. The maximum Gasteiger partial charge on any atom is 0.261 e. The number of terminal acetylenes is 1. The number of thiophene rings is 1. The van der Waals surface area contributed by atoms with Gasteiger partial charge in [0.1, 0.15) is 0 Å². The van der Waals surface area contributed by atoms with Crippen LogP contribution in [0.3, 0.4) is 0 Å². The molecular weight excluding hydrogens is 272 g/mol. The van der Waals surface area contributed by atoms with Gasteiger partial charge in [-0.2, -0.15) is 0 Å². The molecule has 4 nitrogen and oxygen atoms in total. The monoisotopic (exact) mass is 284 g/mol. The van der Waals surface area contributed by atoms with Crippen LogP contribution in [0.4, 0.5) is 5.69 Å². The molecule has 0 unspecified atom stereocenters. The van der Waals surface area contributed by atoms with E-state index in [9.17, 15) is 9.59 Å². The van der Waals surface area contributed by atoms with E-state index in [0.29, 0.717) is 16.1 Å². The average molecular weight is 284 g/mol. The molecule has 2 rings (SSSR count). The van der Waals surface area contributed by atoms with Gasteiger partial charge in [-0.05, 0) is 29.6 Å². The summed E-state index contributed by atoms with van der Waals surface area (Å²) < 4.78 is 0. The Morgan fingerprint density at radius 3 is 2.80 bits per heavy atom. The second-order valence-electron chi connectivity index (χ2n) is 3.93. The highest BCUT2D eigenvalue weighted by molar-refractivity contribution is 7.12. The molecule has 0 saturated heterocycles. The molecule has 0 fully saturated rings. The first-order chi connectivity index (χ1) is 9.69. The lowest BCUT2D eigenvalue weighted by Gasteiger charge is -2.06. The van der Waals surface area contributed by atoms with Gasteiger partial charge >= 0.3 is 0 Å². The highest BCUT2D eigenvalue weighted by Crippen LogP contribution is 2.10. The molecule has 1 heterocycles. The van der Waals surface area contributed by atoms with Crippen LogP contribution in [0.2, 0.25) is 0 Å². The largest absolute Gasteiger partial charge is 0.342 e. The average Bonchev–Trinajstić information content (AvgIpc) is 2.99. The van der Waals surface area contributed by atoms with Gasteiger partial charge in [0, 0.05) is 11.3 Å². The van der Waals surface area contributed by atoms with Crippen LogP contribution in [0.5, 0.6) is 0 Å². The van der Waals surface area contributed by atoms with Crippen LogP contribution >= 0.6 is 11.3 Å². The quantitative estimate of drug-likeness (QED) is 0.845. The van der Waals surface area contributed by atoms with Gasteiger partial charge in [-0.15, -0.1) is 17.8 Å². The van der Waals surface area contributed by atoms with Gasteiger partial charge < -0.3 is 10.6 Å².